The largest absolute Gasteiger partial charge is 0.479 e. The Kier molecular flexibility index (Phi) is 3.73. The summed E-state index contributed by atoms with van der Waals surface area (Å²) < 4.78 is 0. The van der Waals surface area contributed by atoms with Crippen LogP contribution in [0.25, 0.3) is 0 Å². The highest BCUT2D eigenvalue weighted by atomic mass is 16.4. The molecule has 1 rings (SSSR count). The Balaban J connectivity index is 2.61. The van der Waals surface area contributed by atoms with Crippen LogP contribution in [0.4, 0.5) is 0 Å². The van der Waals surface area contributed by atoms with E-state index in [2.05, 4.69) is 18.7 Å². The first kappa shape index (κ1) is 12.5. The fraction of sp³-hybridized carbons (Fsp3) is 0.909. The number of aliphatic carboxylic acids is 1. The number of nitrogens with zero attached hydrogens (tertiary/aromatic N) is 1. The van der Waals surface area contributed by atoms with Gasteiger partial charge in [0.25, 0.3) is 0 Å². The summed E-state index contributed by atoms with van der Waals surface area (Å²) in [5, 5.41) is 18.6. The zero-order valence-corrected chi connectivity index (χ0v) is 9.73. The summed E-state index contributed by atoms with van der Waals surface area (Å²) in [5.41, 5.74) is -1.63. The van der Waals surface area contributed by atoms with E-state index in [-0.39, 0.29) is 6.54 Å². The van der Waals surface area contributed by atoms with Crippen molar-refractivity contribution < 1.29 is 15.0 Å². The summed E-state index contributed by atoms with van der Waals surface area (Å²) in [5.74, 6) is -0.631. The number of aliphatic hydroxyl groups is 1. The van der Waals surface area contributed by atoms with Crippen molar-refractivity contribution in [2.45, 2.75) is 45.3 Å². The molecular weight excluding hydrogens is 194 g/mol. The third kappa shape index (κ3) is 2.92. The molecule has 1 aliphatic rings. The quantitative estimate of drug-likeness (QED) is 0.732. The summed E-state index contributed by atoms with van der Waals surface area (Å²) in [7, 11) is 0. The Morgan fingerprint density at radius 2 is 2.20 bits per heavy atom. The van der Waals surface area contributed by atoms with Crippen LogP contribution in [-0.4, -0.2) is 45.8 Å². The Bertz CT molecular complexity index is 238. The molecule has 0 aliphatic carbocycles. The maximum Gasteiger partial charge on any atom is 0.336 e. The summed E-state index contributed by atoms with van der Waals surface area (Å²) in [4.78, 5) is 12.9. The first-order valence-corrected chi connectivity index (χ1v) is 5.54. The van der Waals surface area contributed by atoms with Crippen LogP contribution in [0, 0.1) is 5.92 Å². The molecule has 2 atom stereocenters. The number of hydrogen-bond donors (Lipinski definition) is 2. The first-order chi connectivity index (χ1) is 6.84. The van der Waals surface area contributed by atoms with Gasteiger partial charge in [0.05, 0.1) is 0 Å². The van der Waals surface area contributed by atoms with Gasteiger partial charge >= 0.3 is 5.97 Å². The Morgan fingerprint density at radius 1 is 1.60 bits per heavy atom. The molecule has 1 heterocycles. The van der Waals surface area contributed by atoms with Crippen molar-refractivity contribution in [1.29, 1.82) is 0 Å². The second kappa shape index (κ2) is 4.49. The van der Waals surface area contributed by atoms with E-state index in [9.17, 15) is 9.90 Å². The van der Waals surface area contributed by atoms with Crippen molar-refractivity contribution in [3.05, 3.63) is 0 Å². The van der Waals surface area contributed by atoms with Crippen molar-refractivity contribution in [1.82, 2.24) is 4.90 Å². The molecule has 0 saturated carbocycles. The van der Waals surface area contributed by atoms with E-state index in [0.717, 1.165) is 19.4 Å². The predicted molar refractivity (Wildman–Crippen MR) is 57.7 cm³/mol. The number of carboxylic acid groups (broad SMARTS) is 1. The van der Waals surface area contributed by atoms with Crippen LogP contribution in [0.1, 0.15) is 33.6 Å². The Hall–Kier alpha value is -0.610. The third-order valence-corrected chi connectivity index (χ3v) is 3.16. The summed E-state index contributed by atoms with van der Waals surface area (Å²) in [6.45, 7) is 6.76. The van der Waals surface area contributed by atoms with Crippen molar-refractivity contribution in [2.24, 2.45) is 5.92 Å². The summed E-state index contributed by atoms with van der Waals surface area (Å²) in [6.07, 6.45) is 2.20. The fourth-order valence-corrected chi connectivity index (χ4v) is 2.27. The molecular formula is C11H21NO3. The van der Waals surface area contributed by atoms with Crippen molar-refractivity contribution in [2.75, 3.05) is 13.1 Å². The van der Waals surface area contributed by atoms with Gasteiger partial charge in [-0.2, -0.15) is 0 Å². The minimum atomic E-state index is -1.63. The summed E-state index contributed by atoms with van der Waals surface area (Å²) >= 11 is 0. The van der Waals surface area contributed by atoms with Crippen LogP contribution < -0.4 is 0 Å². The van der Waals surface area contributed by atoms with Gasteiger partial charge in [0, 0.05) is 12.6 Å². The molecule has 0 aromatic carbocycles. The van der Waals surface area contributed by atoms with Gasteiger partial charge in [0.2, 0.25) is 0 Å². The predicted octanol–water partition coefficient (Wildman–Crippen LogP) is 0.942. The molecule has 0 aromatic heterocycles. The standard InChI is InChI=1S/C11H21NO3/c1-8(2)9-5-4-6-12(9)7-11(3,15)10(13)14/h8-9,15H,4-7H2,1-3H3,(H,13,14). The molecule has 15 heavy (non-hydrogen) atoms. The topological polar surface area (TPSA) is 60.8 Å². The van der Waals surface area contributed by atoms with Crippen LogP contribution in [0.2, 0.25) is 0 Å². The average Bonchev–Trinajstić information content (AvgIpc) is 2.51. The van der Waals surface area contributed by atoms with E-state index in [1.165, 1.54) is 6.92 Å². The van der Waals surface area contributed by atoms with Crippen molar-refractivity contribution >= 4 is 5.97 Å². The SMILES string of the molecule is CC(C)C1CCCN1CC(C)(O)C(=O)O. The molecule has 2 unspecified atom stereocenters. The number of carbonyl (C=O) groups is 1. The molecule has 2 N–H and O–H groups in total. The molecule has 1 fully saturated rings. The second-order valence-corrected chi connectivity index (χ2v) is 5.00. The van der Waals surface area contributed by atoms with E-state index in [4.69, 9.17) is 5.11 Å². The second-order valence-electron chi connectivity index (χ2n) is 5.00. The van der Waals surface area contributed by atoms with E-state index in [1.807, 2.05) is 0 Å². The van der Waals surface area contributed by atoms with Crippen LogP contribution in [0.3, 0.4) is 0 Å². The molecule has 88 valence electrons. The van der Waals surface area contributed by atoms with Gasteiger partial charge in [-0.15, -0.1) is 0 Å². The molecule has 0 aromatic rings. The van der Waals surface area contributed by atoms with Crippen LogP contribution in [-0.2, 0) is 4.79 Å². The molecule has 4 nitrogen and oxygen atoms in total. The Morgan fingerprint density at radius 3 is 2.67 bits per heavy atom. The van der Waals surface area contributed by atoms with Crippen LogP contribution in [0.5, 0.6) is 0 Å². The minimum absolute atomic E-state index is 0.227. The smallest absolute Gasteiger partial charge is 0.336 e. The van der Waals surface area contributed by atoms with Gasteiger partial charge in [-0.3, -0.25) is 4.90 Å². The molecule has 4 heteroatoms. The van der Waals surface area contributed by atoms with Crippen molar-refractivity contribution in [3.8, 4) is 0 Å². The highest BCUT2D eigenvalue weighted by Crippen LogP contribution is 2.25. The number of rotatable bonds is 4. The van der Waals surface area contributed by atoms with E-state index >= 15 is 0 Å². The molecule has 0 bridgehead atoms. The average molecular weight is 215 g/mol. The molecule has 0 radical (unpaired) electrons. The monoisotopic (exact) mass is 215 g/mol. The van der Waals surface area contributed by atoms with Gasteiger partial charge < -0.3 is 10.2 Å². The highest BCUT2D eigenvalue weighted by Gasteiger charge is 2.37. The normalized spacial score (nSPS) is 26.9. The van der Waals surface area contributed by atoms with Gasteiger partial charge in [0.1, 0.15) is 0 Å². The van der Waals surface area contributed by atoms with Gasteiger partial charge in [0.15, 0.2) is 5.60 Å². The lowest BCUT2D eigenvalue weighted by molar-refractivity contribution is -0.158. The van der Waals surface area contributed by atoms with Gasteiger partial charge in [-0.25, -0.2) is 4.79 Å². The maximum atomic E-state index is 10.8. The first-order valence-electron chi connectivity index (χ1n) is 5.54. The van der Waals surface area contributed by atoms with Crippen LogP contribution >= 0.6 is 0 Å². The lowest BCUT2D eigenvalue weighted by atomic mass is 10.00. The zero-order valence-electron chi connectivity index (χ0n) is 9.73. The maximum absolute atomic E-state index is 10.8. The summed E-state index contributed by atoms with van der Waals surface area (Å²) in [6, 6.07) is 0.413. The lowest BCUT2D eigenvalue weighted by Gasteiger charge is -2.32. The number of likely N-dealkylation sites (tertiary alicyclic amines) is 1. The van der Waals surface area contributed by atoms with E-state index in [0.29, 0.717) is 12.0 Å². The van der Waals surface area contributed by atoms with Gasteiger partial charge in [-0.05, 0) is 32.2 Å². The molecule has 0 spiro atoms. The Labute approximate surface area is 90.9 Å². The van der Waals surface area contributed by atoms with E-state index < -0.39 is 11.6 Å². The fourth-order valence-electron chi connectivity index (χ4n) is 2.27. The van der Waals surface area contributed by atoms with Crippen molar-refractivity contribution in [3.63, 3.8) is 0 Å². The number of hydrogen-bond acceptors (Lipinski definition) is 3. The number of carboxylic acids is 1. The lowest BCUT2D eigenvalue weighted by Crippen LogP contribution is -2.49. The van der Waals surface area contributed by atoms with Gasteiger partial charge in [-0.1, -0.05) is 13.8 Å². The zero-order chi connectivity index (χ0) is 11.6. The minimum Gasteiger partial charge on any atom is -0.479 e. The third-order valence-electron chi connectivity index (χ3n) is 3.16. The molecule has 0 amide bonds. The molecule has 1 aliphatic heterocycles. The van der Waals surface area contributed by atoms with E-state index in [1.54, 1.807) is 0 Å². The molecule has 1 saturated heterocycles. The number of β-amino-alcohol motifs (C(OH)–C–C–N with tert-alkyl or cyclic N) is 1. The highest BCUT2D eigenvalue weighted by molar-refractivity contribution is 5.76. The van der Waals surface area contributed by atoms with Crippen LogP contribution in [0.15, 0.2) is 0 Å².